The second-order valence-electron chi connectivity index (χ2n) is 6.57. The fourth-order valence-corrected chi connectivity index (χ4v) is 3.28. The number of fused-ring (bicyclic) bond motifs is 1. The number of anilines is 2. The van der Waals surface area contributed by atoms with Crippen molar-refractivity contribution in [3.05, 3.63) is 72.0 Å². The van der Waals surface area contributed by atoms with Gasteiger partial charge in [-0.3, -0.25) is 4.79 Å². The van der Waals surface area contributed by atoms with Crippen molar-refractivity contribution in [2.24, 2.45) is 0 Å². The van der Waals surface area contributed by atoms with Crippen LogP contribution in [-0.4, -0.2) is 19.1 Å². The van der Waals surface area contributed by atoms with Gasteiger partial charge in [-0.1, -0.05) is 42.5 Å². The summed E-state index contributed by atoms with van der Waals surface area (Å²) in [5.74, 6) is -0.576. The van der Waals surface area contributed by atoms with Crippen molar-refractivity contribution in [2.75, 3.05) is 17.7 Å². The third-order valence-corrected chi connectivity index (χ3v) is 4.76. The van der Waals surface area contributed by atoms with E-state index in [-0.39, 0.29) is 24.2 Å². The van der Waals surface area contributed by atoms with Crippen LogP contribution in [0.3, 0.4) is 0 Å². The van der Waals surface area contributed by atoms with E-state index in [0.29, 0.717) is 17.8 Å². The topological polar surface area (TPSA) is 55.6 Å². The van der Waals surface area contributed by atoms with Crippen LogP contribution < -0.4 is 10.6 Å². The van der Waals surface area contributed by atoms with Gasteiger partial charge in [-0.05, 0) is 25.1 Å². The smallest absolute Gasteiger partial charge is 0.307 e. The Morgan fingerprint density at radius 3 is 2.44 bits per heavy atom. The summed E-state index contributed by atoms with van der Waals surface area (Å²) >= 11 is 0. The van der Waals surface area contributed by atoms with Crippen molar-refractivity contribution in [1.29, 1.82) is 0 Å². The fraction of sp³-hybridized carbons (Fsp3) is 0.227. The lowest BCUT2D eigenvalue weighted by atomic mass is 10.0. The fourth-order valence-electron chi connectivity index (χ4n) is 3.28. The Labute approximate surface area is 158 Å². The first-order chi connectivity index (χ1) is 13.0. The van der Waals surface area contributed by atoms with Crippen LogP contribution >= 0.6 is 0 Å². The Bertz CT molecular complexity index is 958. The molecule has 0 saturated carbocycles. The van der Waals surface area contributed by atoms with E-state index in [1.807, 2.05) is 54.3 Å². The summed E-state index contributed by atoms with van der Waals surface area (Å²) in [6.45, 7) is 2.27. The minimum absolute atomic E-state index is 0.191. The second kappa shape index (κ2) is 8.08. The highest BCUT2D eigenvalue weighted by molar-refractivity contribution is 6.01. The Hall–Kier alpha value is -3.08. The van der Waals surface area contributed by atoms with Crippen LogP contribution in [0.25, 0.3) is 10.8 Å². The summed E-state index contributed by atoms with van der Waals surface area (Å²) in [6.07, 6.45) is 0.198. The maximum atomic E-state index is 14.3. The van der Waals surface area contributed by atoms with E-state index in [2.05, 4.69) is 0 Å². The molecule has 27 heavy (non-hydrogen) atoms. The lowest BCUT2D eigenvalue weighted by Crippen LogP contribution is -2.35. The number of nitrogen functional groups attached to an aromatic ring is 1. The molecule has 2 N–H and O–H groups in total. The Kier molecular flexibility index (Phi) is 5.60. The molecule has 0 aliphatic rings. The Morgan fingerprint density at radius 1 is 1.07 bits per heavy atom. The Morgan fingerprint density at radius 2 is 1.74 bits per heavy atom. The van der Waals surface area contributed by atoms with Gasteiger partial charge in [0.15, 0.2) is 0 Å². The third kappa shape index (κ3) is 4.03. The van der Waals surface area contributed by atoms with Crippen molar-refractivity contribution in [2.45, 2.75) is 25.9 Å². The number of methoxy groups -OCH3 is 1. The number of benzene rings is 3. The minimum atomic E-state index is -0.305. The van der Waals surface area contributed by atoms with Crippen LogP contribution in [0.5, 0.6) is 0 Å². The van der Waals surface area contributed by atoms with Crippen LogP contribution in [0.4, 0.5) is 15.8 Å². The molecule has 0 bridgehead atoms. The zero-order valence-corrected chi connectivity index (χ0v) is 15.5. The SMILES string of the molecule is COC(=O)CC(C)N(Cc1ccccc1F)c1ccc(N)c2ccccc12. The summed E-state index contributed by atoms with van der Waals surface area (Å²) in [5, 5.41) is 1.89. The van der Waals surface area contributed by atoms with Gasteiger partial charge in [0.25, 0.3) is 0 Å². The van der Waals surface area contributed by atoms with Gasteiger partial charge in [-0.25, -0.2) is 4.39 Å². The molecule has 4 nitrogen and oxygen atoms in total. The standard InChI is InChI=1S/C22H23FN2O2/c1-15(13-22(26)27-2)25(14-16-7-3-6-10-19(16)23)21-12-11-20(24)17-8-4-5-9-18(17)21/h3-12,15H,13-14,24H2,1-2H3. The van der Waals surface area contributed by atoms with Crippen molar-refractivity contribution >= 4 is 28.1 Å². The number of hydrogen-bond donors (Lipinski definition) is 1. The molecule has 1 unspecified atom stereocenters. The molecule has 0 heterocycles. The maximum Gasteiger partial charge on any atom is 0.307 e. The van der Waals surface area contributed by atoms with Gasteiger partial charge in [0.2, 0.25) is 0 Å². The zero-order valence-electron chi connectivity index (χ0n) is 15.5. The zero-order chi connectivity index (χ0) is 19.4. The summed E-state index contributed by atoms with van der Waals surface area (Å²) < 4.78 is 19.1. The molecule has 0 aliphatic carbocycles. The van der Waals surface area contributed by atoms with Crippen molar-refractivity contribution in [1.82, 2.24) is 0 Å². The summed E-state index contributed by atoms with van der Waals surface area (Å²) in [6, 6.07) is 18.1. The molecule has 0 amide bonds. The first-order valence-corrected chi connectivity index (χ1v) is 8.85. The molecule has 0 fully saturated rings. The van der Waals surface area contributed by atoms with Crippen molar-refractivity contribution < 1.29 is 13.9 Å². The molecule has 140 valence electrons. The van der Waals surface area contributed by atoms with E-state index in [1.165, 1.54) is 13.2 Å². The first kappa shape index (κ1) is 18.7. The number of halogens is 1. The number of carbonyl (C=O) groups is 1. The number of ether oxygens (including phenoxy) is 1. The average molecular weight is 366 g/mol. The number of hydrogen-bond acceptors (Lipinski definition) is 4. The third-order valence-electron chi connectivity index (χ3n) is 4.76. The highest BCUT2D eigenvalue weighted by Crippen LogP contribution is 2.33. The molecule has 0 aromatic heterocycles. The normalized spacial score (nSPS) is 12.0. The molecule has 3 aromatic carbocycles. The summed E-state index contributed by atoms with van der Waals surface area (Å²) in [4.78, 5) is 13.9. The Balaban J connectivity index is 2.08. The number of esters is 1. The summed E-state index contributed by atoms with van der Waals surface area (Å²) in [7, 11) is 1.37. The lowest BCUT2D eigenvalue weighted by Gasteiger charge is -2.32. The van der Waals surface area contributed by atoms with E-state index in [9.17, 15) is 9.18 Å². The quantitative estimate of drug-likeness (QED) is 0.515. The molecular weight excluding hydrogens is 343 g/mol. The predicted octanol–water partition coefficient (Wildman–Crippen LogP) is 4.52. The highest BCUT2D eigenvalue weighted by Gasteiger charge is 2.22. The molecule has 1 atom stereocenters. The number of carbonyl (C=O) groups excluding carboxylic acids is 1. The maximum absolute atomic E-state index is 14.3. The van der Waals surface area contributed by atoms with Crippen molar-refractivity contribution in [3.8, 4) is 0 Å². The molecule has 3 rings (SSSR count). The molecule has 5 heteroatoms. The molecule has 0 saturated heterocycles. The van der Waals surface area contributed by atoms with E-state index >= 15 is 0 Å². The van der Waals surface area contributed by atoms with Crippen LogP contribution in [0.1, 0.15) is 18.9 Å². The molecule has 0 aliphatic heterocycles. The van der Waals surface area contributed by atoms with Gasteiger partial charge >= 0.3 is 5.97 Å². The van der Waals surface area contributed by atoms with Gasteiger partial charge < -0.3 is 15.4 Å². The van der Waals surface area contributed by atoms with Gasteiger partial charge in [0, 0.05) is 40.3 Å². The second-order valence-corrected chi connectivity index (χ2v) is 6.57. The van der Waals surface area contributed by atoms with Gasteiger partial charge in [0.1, 0.15) is 5.82 Å². The molecular formula is C22H23FN2O2. The highest BCUT2D eigenvalue weighted by atomic mass is 19.1. The molecule has 0 spiro atoms. The predicted molar refractivity (Wildman–Crippen MR) is 107 cm³/mol. The number of rotatable bonds is 6. The van der Waals surface area contributed by atoms with E-state index in [1.54, 1.807) is 12.1 Å². The largest absolute Gasteiger partial charge is 0.469 e. The van der Waals surface area contributed by atoms with E-state index in [0.717, 1.165) is 16.5 Å². The van der Waals surface area contributed by atoms with Crippen LogP contribution in [0.15, 0.2) is 60.7 Å². The lowest BCUT2D eigenvalue weighted by molar-refractivity contribution is -0.140. The molecule has 0 radical (unpaired) electrons. The van der Waals surface area contributed by atoms with Crippen LogP contribution in [0, 0.1) is 5.82 Å². The minimum Gasteiger partial charge on any atom is -0.469 e. The number of nitrogens with zero attached hydrogens (tertiary/aromatic N) is 1. The average Bonchev–Trinajstić information content (AvgIpc) is 2.68. The van der Waals surface area contributed by atoms with Crippen molar-refractivity contribution in [3.63, 3.8) is 0 Å². The van der Waals surface area contributed by atoms with E-state index < -0.39 is 0 Å². The van der Waals surface area contributed by atoms with E-state index in [4.69, 9.17) is 10.5 Å². The number of nitrogens with two attached hydrogens (primary N) is 1. The molecule has 3 aromatic rings. The van der Waals surface area contributed by atoms with Crippen LogP contribution in [0.2, 0.25) is 0 Å². The first-order valence-electron chi connectivity index (χ1n) is 8.85. The monoisotopic (exact) mass is 366 g/mol. The van der Waals surface area contributed by atoms with Gasteiger partial charge in [-0.15, -0.1) is 0 Å². The van der Waals surface area contributed by atoms with Crippen LogP contribution in [-0.2, 0) is 16.1 Å². The van der Waals surface area contributed by atoms with Gasteiger partial charge in [0.05, 0.1) is 13.5 Å². The summed E-state index contributed by atoms with van der Waals surface area (Å²) in [5.41, 5.74) is 8.28. The van der Waals surface area contributed by atoms with Gasteiger partial charge in [-0.2, -0.15) is 0 Å².